The fourth-order valence-corrected chi connectivity index (χ4v) is 4.95. The molecular weight excluding hydrogens is 475 g/mol. The topological polar surface area (TPSA) is 103 Å². The molecule has 2 N–H and O–H groups in total. The number of amidine groups is 1. The third-order valence-electron chi connectivity index (χ3n) is 7.37. The van der Waals surface area contributed by atoms with Crippen LogP contribution in [0.2, 0.25) is 0 Å². The van der Waals surface area contributed by atoms with Crippen LogP contribution >= 0.6 is 0 Å². The van der Waals surface area contributed by atoms with Crippen molar-refractivity contribution in [2.75, 3.05) is 32.8 Å². The third kappa shape index (κ3) is 7.52. The minimum absolute atomic E-state index is 0.0716. The summed E-state index contributed by atoms with van der Waals surface area (Å²) in [6.07, 6.45) is 2.31. The molecule has 1 aromatic rings. The summed E-state index contributed by atoms with van der Waals surface area (Å²) < 4.78 is 20.0. The highest BCUT2D eigenvalue weighted by Crippen LogP contribution is 2.30. The van der Waals surface area contributed by atoms with E-state index >= 15 is 0 Å². The van der Waals surface area contributed by atoms with E-state index in [-0.39, 0.29) is 29.2 Å². The lowest BCUT2D eigenvalue weighted by Gasteiger charge is -2.40. The second-order valence-corrected chi connectivity index (χ2v) is 10.1. The highest BCUT2D eigenvalue weighted by molar-refractivity contribution is 5.99. The summed E-state index contributed by atoms with van der Waals surface area (Å²) in [6.45, 7) is 13.8. The number of nitrogens with one attached hydrogen (secondary N) is 2. The van der Waals surface area contributed by atoms with Gasteiger partial charge in [0.25, 0.3) is 5.91 Å². The van der Waals surface area contributed by atoms with Crippen molar-refractivity contribution in [3.63, 3.8) is 0 Å². The maximum absolute atomic E-state index is 14.9. The van der Waals surface area contributed by atoms with Gasteiger partial charge in [0.05, 0.1) is 17.6 Å². The molecule has 1 atom stereocenters. The van der Waals surface area contributed by atoms with Gasteiger partial charge in [-0.15, -0.1) is 0 Å². The van der Waals surface area contributed by atoms with Crippen molar-refractivity contribution in [1.82, 2.24) is 15.1 Å². The Morgan fingerprint density at radius 2 is 1.78 bits per heavy atom. The summed E-state index contributed by atoms with van der Waals surface area (Å²) in [6, 6.07) is 3.69. The minimum atomic E-state index is -0.903. The van der Waals surface area contributed by atoms with E-state index in [1.54, 1.807) is 36.6 Å². The van der Waals surface area contributed by atoms with Gasteiger partial charge in [0, 0.05) is 44.2 Å². The Bertz CT molecular complexity index is 969. The number of ether oxygens (including phenoxy) is 1. The molecule has 1 unspecified atom stereocenters. The minimum Gasteiger partial charge on any atom is -0.466 e. The first-order chi connectivity index (χ1) is 17.5. The largest absolute Gasteiger partial charge is 0.466 e. The zero-order valence-corrected chi connectivity index (χ0v) is 23.2. The molecule has 0 aliphatic carbocycles. The average molecular weight is 519 g/mol. The predicted octanol–water partition coefficient (Wildman–Crippen LogP) is 4.22. The molecule has 8 nitrogen and oxygen atoms in total. The van der Waals surface area contributed by atoms with Crippen LogP contribution in [0.1, 0.15) is 83.1 Å². The second kappa shape index (κ2) is 13.5. The van der Waals surface area contributed by atoms with E-state index < -0.39 is 23.2 Å². The number of halogens is 1. The molecule has 206 valence electrons. The second-order valence-electron chi connectivity index (χ2n) is 10.1. The zero-order valence-electron chi connectivity index (χ0n) is 23.2. The maximum atomic E-state index is 14.9. The SMILES string of the molecule is CCOC(=O)CC1CCN(C(=O)C(C)(C)C(CC)NC(=O)c2ccc(C(=N)N(CC)CC)cc2F)CC1. The lowest BCUT2D eigenvalue weighted by atomic mass is 9.80. The smallest absolute Gasteiger partial charge is 0.306 e. The number of nitrogens with zero attached hydrogens (tertiary/aromatic N) is 2. The van der Waals surface area contributed by atoms with E-state index in [2.05, 4.69) is 5.32 Å². The van der Waals surface area contributed by atoms with Crippen molar-refractivity contribution >= 4 is 23.6 Å². The van der Waals surface area contributed by atoms with Crippen LogP contribution in [0.15, 0.2) is 18.2 Å². The molecule has 1 aliphatic heterocycles. The first-order valence-corrected chi connectivity index (χ1v) is 13.4. The highest BCUT2D eigenvalue weighted by Gasteiger charge is 2.41. The Morgan fingerprint density at radius 1 is 1.16 bits per heavy atom. The van der Waals surface area contributed by atoms with Gasteiger partial charge in [-0.25, -0.2) is 4.39 Å². The molecule has 0 radical (unpaired) electrons. The average Bonchev–Trinajstić information content (AvgIpc) is 2.87. The fraction of sp³-hybridized carbons (Fsp3) is 0.643. The van der Waals surface area contributed by atoms with Crippen LogP contribution in [-0.2, 0) is 14.3 Å². The number of esters is 1. The van der Waals surface area contributed by atoms with Gasteiger partial charge in [-0.1, -0.05) is 13.0 Å². The normalized spacial score (nSPS) is 15.2. The van der Waals surface area contributed by atoms with Crippen molar-refractivity contribution in [3.8, 4) is 0 Å². The molecule has 9 heteroatoms. The molecule has 0 saturated carbocycles. The number of amides is 2. The lowest BCUT2D eigenvalue weighted by molar-refractivity contribution is -0.145. The van der Waals surface area contributed by atoms with Gasteiger partial charge in [-0.3, -0.25) is 19.8 Å². The molecule has 1 aliphatic rings. The molecule has 1 heterocycles. The van der Waals surface area contributed by atoms with Gasteiger partial charge in [-0.2, -0.15) is 0 Å². The molecule has 2 amide bonds. The van der Waals surface area contributed by atoms with Crippen molar-refractivity contribution in [1.29, 1.82) is 5.41 Å². The van der Waals surface area contributed by atoms with Gasteiger partial charge < -0.3 is 19.9 Å². The molecule has 1 saturated heterocycles. The number of benzene rings is 1. The van der Waals surface area contributed by atoms with Crippen LogP contribution in [0.3, 0.4) is 0 Å². The summed E-state index contributed by atoms with van der Waals surface area (Å²) in [5.41, 5.74) is -0.608. The number of hydrogen-bond donors (Lipinski definition) is 2. The standard InChI is InChI=1S/C28H43FN4O4/c1-7-23(28(5,6)27(36)33-15-13-19(14-16-33)17-24(34)37-10-4)31-26(35)21-12-11-20(18-22(21)29)25(30)32(8-2)9-3/h11-12,18-19,23,30H,7-10,13-17H2,1-6H3,(H,31,35). The zero-order chi connectivity index (χ0) is 27.8. The number of carbonyl (C=O) groups is 3. The maximum Gasteiger partial charge on any atom is 0.306 e. The van der Waals surface area contributed by atoms with Crippen LogP contribution in [0.5, 0.6) is 0 Å². The van der Waals surface area contributed by atoms with Crippen LogP contribution < -0.4 is 5.32 Å². The number of rotatable bonds is 11. The Labute approximate surface area is 220 Å². The van der Waals surface area contributed by atoms with Crippen LogP contribution in [0.4, 0.5) is 4.39 Å². The Morgan fingerprint density at radius 3 is 2.30 bits per heavy atom. The molecule has 1 fully saturated rings. The van der Waals surface area contributed by atoms with Crippen molar-refractivity contribution in [3.05, 3.63) is 35.1 Å². The summed E-state index contributed by atoms with van der Waals surface area (Å²) >= 11 is 0. The van der Waals surface area contributed by atoms with E-state index in [0.717, 1.165) is 12.8 Å². The van der Waals surface area contributed by atoms with Gasteiger partial charge in [0.2, 0.25) is 5.91 Å². The van der Waals surface area contributed by atoms with Crippen molar-refractivity contribution in [2.45, 2.75) is 73.3 Å². The predicted molar refractivity (Wildman–Crippen MR) is 142 cm³/mol. The first-order valence-electron chi connectivity index (χ1n) is 13.4. The van der Waals surface area contributed by atoms with Crippen LogP contribution in [-0.4, -0.2) is 72.2 Å². The molecule has 0 aromatic heterocycles. The quantitative estimate of drug-likeness (QED) is 0.259. The molecule has 0 spiro atoms. The molecule has 37 heavy (non-hydrogen) atoms. The molecule has 2 rings (SSSR count). The molecule has 0 bridgehead atoms. The van der Waals surface area contributed by atoms with E-state index in [1.165, 1.54) is 12.1 Å². The Hall–Kier alpha value is -2.97. The van der Waals surface area contributed by atoms with Crippen molar-refractivity contribution < 1.29 is 23.5 Å². The Balaban J connectivity index is 2.06. The monoisotopic (exact) mass is 518 g/mol. The summed E-state index contributed by atoms with van der Waals surface area (Å²) in [5.74, 6) is -1.15. The summed E-state index contributed by atoms with van der Waals surface area (Å²) in [5, 5.41) is 11.2. The summed E-state index contributed by atoms with van der Waals surface area (Å²) in [7, 11) is 0. The fourth-order valence-electron chi connectivity index (χ4n) is 4.95. The lowest BCUT2D eigenvalue weighted by Crippen LogP contribution is -2.54. The van der Waals surface area contributed by atoms with Crippen LogP contribution in [0.25, 0.3) is 0 Å². The summed E-state index contributed by atoms with van der Waals surface area (Å²) in [4.78, 5) is 41.9. The van der Waals surface area contributed by atoms with Gasteiger partial charge in [0.1, 0.15) is 11.7 Å². The van der Waals surface area contributed by atoms with E-state index in [0.29, 0.717) is 51.2 Å². The van der Waals surface area contributed by atoms with E-state index in [4.69, 9.17) is 10.1 Å². The number of piperidine rings is 1. The van der Waals surface area contributed by atoms with Gasteiger partial charge in [-0.05, 0) is 71.9 Å². The molecule has 1 aromatic carbocycles. The highest BCUT2D eigenvalue weighted by atomic mass is 19.1. The molecular formula is C28H43FN4O4. The number of likely N-dealkylation sites (tertiary alicyclic amines) is 1. The van der Waals surface area contributed by atoms with Gasteiger partial charge >= 0.3 is 5.97 Å². The van der Waals surface area contributed by atoms with Crippen molar-refractivity contribution in [2.24, 2.45) is 11.3 Å². The Kier molecular flexibility index (Phi) is 11.1. The first kappa shape index (κ1) is 30.3. The van der Waals surface area contributed by atoms with Gasteiger partial charge in [0.15, 0.2) is 0 Å². The van der Waals surface area contributed by atoms with E-state index in [1.807, 2.05) is 20.8 Å². The van der Waals surface area contributed by atoms with Crippen LogP contribution in [0, 0.1) is 22.6 Å². The third-order valence-corrected chi connectivity index (χ3v) is 7.37. The van der Waals surface area contributed by atoms with E-state index in [9.17, 15) is 18.8 Å². The number of hydrogen-bond acceptors (Lipinski definition) is 5. The number of carbonyl (C=O) groups excluding carboxylic acids is 3.